The van der Waals surface area contributed by atoms with Crippen LogP contribution in [0.3, 0.4) is 0 Å². The molecule has 1 aromatic carbocycles. The molecule has 2 saturated heterocycles. The van der Waals surface area contributed by atoms with Crippen LogP contribution in [0.25, 0.3) is 0 Å². The predicted molar refractivity (Wildman–Crippen MR) is 104 cm³/mol. The lowest BCUT2D eigenvalue weighted by molar-refractivity contribution is -0.125. The van der Waals surface area contributed by atoms with Crippen molar-refractivity contribution in [2.75, 3.05) is 39.8 Å². The zero-order valence-corrected chi connectivity index (χ0v) is 16.1. The second-order valence-electron chi connectivity index (χ2n) is 7.49. The van der Waals surface area contributed by atoms with Crippen LogP contribution in [-0.4, -0.2) is 61.6 Å². The molecule has 0 spiro atoms. The van der Waals surface area contributed by atoms with Crippen LogP contribution in [0.1, 0.15) is 44.1 Å². The van der Waals surface area contributed by atoms with E-state index in [9.17, 15) is 4.79 Å². The van der Waals surface area contributed by atoms with Gasteiger partial charge in [-0.1, -0.05) is 18.6 Å². The van der Waals surface area contributed by atoms with Crippen molar-refractivity contribution in [1.82, 2.24) is 15.1 Å². The number of likely N-dealkylation sites (N-methyl/N-ethyl adjacent to an activating group) is 1. The molecule has 0 aromatic heterocycles. The maximum atomic E-state index is 12.0. The minimum atomic E-state index is 0.00844. The van der Waals surface area contributed by atoms with Crippen LogP contribution >= 0.6 is 0 Å². The van der Waals surface area contributed by atoms with Crippen molar-refractivity contribution in [2.45, 2.75) is 51.1 Å². The zero-order chi connectivity index (χ0) is 18.2. The van der Waals surface area contributed by atoms with Crippen molar-refractivity contribution in [3.8, 4) is 5.75 Å². The number of hydrogen-bond acceptors (Lipinski definition) is 4. The van der Waals surface area contributed by atoms with E-state index in [0.29, 0.717) is 0 Å². The average Bonchev–Trinajstić information content (AvgIpc) is 3.14. The predicted octanol–water partition coefficient (Wildman–Crippen LogP) is 2.65. The molecule has 1 aromatic rings. The van der Waals surface area contributed by atoms with E-state index in [-0.39, 0.29) is 11.9 Å². The van der Waals surface area contributed by atoms with Gasteiger partial charge in [0, 0.05) is 20.1 Å². The number of ether oxygens (including phenoxy) is 1. The third kappa shape index (κ3) is 5.45. The Labute approximate surface area is 157 Å². The molecule has 5 heteroatoms. The molecule has 1 N–H and O–H groups in total. The largest absolute Gasteiger partial charge is 0.494 e. The lowest BCUT2D eigenvalue weighted by atomic mass is 10.1. The molecular formula is C21H33N3O2. The number of benzene rings is 1. The van der Waals surface area contributed by atoms with Crippen molar-refractivity contribution in [1.29, 1.82) is 0 Å². The average molecular weight is 360 g/mol. The summed E-state index contributed by atoms with van der Waals surface area (Å²) < 4.78 is 5.97. The molecule has 0 aliphatic carbocycles. The lowest BCUT2D eigenvalue weighted by Crippen LogP contribution is -2.41. The van der Waals surface area contributed by atoms with E-state index in [1.807, 2.05) is 6.07 Å². The first-order chi connectivity index (χ1) is 12.8. The van der Waals surface area contributed by atoms with Crippen LogP contribution in [0.15, 0.2) is 24.3 Å². The number of carbonyl (C=O) groups excluding carboxylic acids is 1. The van der Waals surface area contributed by atoms with E-state index >= 15 is 0 Å². The Balaban J connectivity index is 1.44. The fourth-order valence-corrected chi connectivity index (χ4v) is 4.11. The third-order valence-corrected chi connectivity index (χ3v) is 5.53. The van der Waals surface area contributed by atoms with Gasteiger partial charge in [-0.3, -0.25) is 9.69 Å². The normalized spacial score (nSPS) is 21.7. The third-order valence-electron chi connectivity index (χ3n) is 5.53. The van der Waals surface area contributed by atoms with Crippen LogP contribution in [0.2, 0.25) is 0 Å². The quantitative estimate of drug-likeness (QED) is 0.725. The van der Waals surface area contributed by atoms with Crippen molar-refractivity contribution < 1.29 is 9.53 Å². The van der Waals surface area contributed by atoms with E-state index in [1.54, 1.807) is 7.05 Å². The second-order valence-corrected chi connectivity index (χ2v) is 7.49. The summed E-state index contributed by atoms with van der Waals surface area (Å²) in [5.74, 6) is 1.07. The topological polar surface area (TPSA) is 44.8 Å². The van der Waals surface area contributed by atoms with Gasteiger partial charge in [-0.05, 0) is 69.4 Å². The van der Waals surface area contributed by atoms with Crippen LogP contribution in [0.4, 0.5) is 0 Å². The fraction of sp³-hybridized carbons (Fsp3) is 0.667. The Morgan fingerprint density at radius 1 is 1.19 bits per heavy atom. The van der Waals surface area contributed by atoms with Crippen LogP contribution < -0.4 is 10.1 Å². The highest BCUT2D eigenvalue weighted by Crippen LogP contribution is 2.22. The summed E-state index contributed by atoms with van der Waals surface area (Å²) in [6, 6.07) is 8.35. The first-order valence-corrected chi connectivity index (χ1v) is 10.2. The Kier molecular flexibility index (Phi) is 7.32. The van der Waals surface area contributed by atoms with Crippen molar-refractivity contribution >= 4 is 5.91 Å². The molecule has 144 valence electrons. The van der Waals surface area contributed by atoms with Crippen LogP contribution in [0.5, 0.6) is 5.75 Å². The molecule has 0 bridgehead atoms. The van der Waals surface area contributed by atoms with Crippen molar-refractivity contribution in [3.05, 3.63) is 29.8 Å². The highest BCUT2D eigenvalue weighted by Gasteiger charge is 2.29. The summed E-state index contributed by atoms with van der Waals surface area (Å²) in [6.45, 7) is 6.20. The highest BCUT2D eigenvalue weighted by atomic mass is 16.5. The van der Waals surface area contributed by atoms with E-state index in [1.165, 1.54) is 37.9 Å². The minimum absolute atomic E-state index is 0.00844. The molecule has 2 aliphatic rings. The van der Waals surface area contributed by atoms with Crippen molar-refractivity contribution in [2.24, 2.45) is 0 Å². The maximum absolute atomic E-state index is 12.0. The molecule has 1 amide bonds. The molecule has 0 radical (unpaired) electrons. The number of amides is 1. The summed E-state index contributed by atoms with van der Waals surface area (Å²) >= 11 is 0. The second kappa shape index (κ2) is 9.93. The molecule has 5 nitrogen and oxygen atoms in total. The standard InChI is InChI=1S/C21H33N3O2/c1-22-21(25)20-10-6-14-24(20)17-18-8-5-9-19(16-18)26-15-7-13-23-11-3-2-4-12-23/h5,8-9,16,20H,2-4,6-7,10-15,17H2,1H3,(H,22,25)/t20-/m1/s1. The summed E-state index contributed by atoms with van der Waals surface area (Å²) in [5, 5.41) is 2.79. The Hall–Kier alpha value is -1.59. The monoisotopic (exact) mass is 359 g/mol. The Morgan fingerprint density at radius 2 is 2.04 bits per heavy atom. The van der Waals surface area contributed by atoms with E-state index in [2.05, 4.69) is 33.3 Å². The number of likely N-dealkylation sites (tertiary alicyclic amines) is 2. The highest BCUT2D eigenvalue weighted by molar-refractivity contribution is 5.81. The summed E-state index contributed by atoms with van der Waals surface area (Å²) in [6.07, 6.45) is 7.19. The van der Waals surface area contributed by atoms with Gasteiger partial charge in [-0.25, -0.2) is 0 Å². The summed E-state index contributed by atoms with van der Waals surface area (Å²) in [7, 11) is 1.72. The Morgan fingerprint density at radius 3 is 2.85 bits per heavy atom. The zero-order valence-electron chi connectivity index (χ0n) is 16.1. The molecular weight excluding hydrogens is 326 g/mol. The molecule has 26 heavy (non-hydrogen) atoms. The maximum Gasteiger partial charge on any atom is 0.237 e. The van der Waals surface area contributed by atoms with Crippen LogP contribution in [0, 0.1) is 0 Å². The Bertz CT molecular complexity index is 572. The molecule has 2 heterocycles. The number of hydrogen-bond donors (Lipinski definition) is 1. The van der Waals surface area contributed by atoms with E-state index in [4.69, 9.17) is 4.74 Å². The molecule has 0 saturated carbocycles. The number of piperidine rings is 1. The molecule has 3 rings (SSSR count). The fourth-order valence-electron chi connectivity index (χ4n) is 4.11. The molecule has 2 fully saturated rings. The molecule has 0 unspecified atom stereocenters. The van der Waals surface area contributed by atoms with Gasteiger partial charge in [-0.15, -0.1) is 0 Å². The first-order valence-electron chi connectivity index (χ1n) is 10.2. The smallest absolute Gasteiger partial charge is 0.237 e. The van der Waals surface area contributed by atoms with Gasteiger partial charge in [0.1, 0.15) is 5.75 Å². The van der Waals surface area contributed by atoms with Gasteiger partial charge < -0.3 is 15.0 Å². The number of carbonyl (C=O) groups is 1. The minimum Gasteiger partial charge on any atom is -0.494 e. The van der Waals surface area contributed by atoms with Gasteiger partial charge in [0.05, 0.1) is 12.6 Å². The van der Waals surface area contributed by atoms with Crippen LogP contribution in [-0.2, 0) is 11.3 Å². The summed E-state index contributed by atoms with van der Waals surface area (Å²) in [4.78, 5) is 16.8. The SMILES string of the molecule is CNC(=O)[C@H]1CCCN1Cc1cccc(OCCCN2CCCCC2)c1. The number of nitrogens with one attached hydrogen (secondary N) is 1. The van der Waals surface area contributed by atoms with Gasteiger partial charge in [-0.2, -0.15) is 0 Å². The van der Waals surface area contributed by atoms with Gasteiger partial charge in [0.15, 0.2) is 0 Å². The first kappa shape index (κ1) is 19.2. The molecule has 2 aliphatic heterocycles. The molecule has 1 atom stereocenters. The summed E-state index contributed by atoms with van der Waals surface area (Å²) in [5.41, 5.74) is 1.22. The van der Waals surface area contributed by atoms with Gasteiger partial charge >= 0.3 is 0 Å². The van der Waals surface area contributed by atoms with Gasteiger partial charge in [0.25, 0.3) is 0 Å². The lowest BCUT2D eigenvalue weighted by Gasteiger charge is -2.26. The van der Waals surface area contributed by atoms with E-state index in [0.717, 1.165) is 51.3 Å². The number of rotatable bonds is 8. The number of nitrogens with zero attached hydrogens (tertiary/aromatic N) is 2. The van der Waals surface area contributed by atoms with E-state index < -0.39 is 0 Å². The van der Waals surface area contributed by atoms with Crippen molar-refractivity contribution in [3.63, 3.8) is 0 Å². The van der Waals surface area contributed by atoms with Gasteiger partial charge in [0.2, 0.25) is 5.91 Å².